The van der Waals surface area contributed by atoms with E-state index < -0.39 is 10.7 Å². The maximum Gasteiger partial charge on any atom is 0.324 e. The first-order valence-electron chi connectivity index (χ1n) is 10.1. The van der Waals surface area contributed by atoms with E-state index in [2.05, 4.69) is 10.2 Å². The Morgan fingerprint density at radius 3 is 2.21 bits per heavy atom. The lowest BCUT2D eigenvalue weighted by Crippen LogP contribution is -2.29. The highest BCUT2D eigenvalue weighted by Gasteiger charge is 2.39. The number of para-hydroxylation sites is 1. The third-order valence-corrected chi connectivity index (χ3v) is 6.51. The maximum atomic E-state index is 12.5. The minimum absolute atomic E-state index is 0.343. The van der Waals surface area contributed by atoms with Gasteiger partial charge in [-0.15, -0.1) is 10.2 Å². The summed E-state index contributed by atoms with van der Waals surface area (Å²) in [5.41, 5.74) is 1.17. The van der Waals surface area contributed by atoms with Crippen molar-refractivity contribution in [3.8, 4) is 28.8 Å². The van der Waals surface area contributed by atoms with E-state index >= 15 is 0 Å². The second-order valence-corrected chi connectivity index (χ2v) is 8.76. The zero-order valence-electron chi connectivity index (χ0n) is 18.6. The zero-order chi connectivity index (χ0) is 23.6. The summed E-state index contributed by atoms with van der Waals surface area (Å²) in [4.78, 5) is 12.5. The standard InChI is InChI=1S/C24H23N3O5S/c1-15-13-14-19(32-15)21-25-26-23(27(21)20-17(30-3)11-8-12-18(20)31-4)33-24(2,22(28)29)16-9-6-5-7-10-16/h5-14H,1-4H3,(H,28,29). The largest absolute Gasteiger partial charge is 0.494 e. The number of rotatable bonds is 8. The van der Waals surface area contributed by atoms with Crippen LogP contribution in [0, 0.1) is 6.92 Å². The highest BCUT2D eigenvalue weighted by atomic mass is 32.2. The highest BCUT2D eigenvalue weighted by molar-refractivity contribution is 8.00. The molecule has 0 saturated heterocycles. The Balaban J connectivity index is 1.96. The van der Waals surface area contributed by atoms with E-state index in [0.717, 1.165) is 11.8 Å². The number of thioether (sulfide) groups is 1. The first-order chi connectivity index (χ1) is 15.9. The van der Waals surface area contributed by atoms with Crippen LogP contribution in [0.3, 0.4) is 0 Å². The highest BCUT2D eigenvalue weighted by Crippen LogP contribution is 2.45. The van der Waals surface area contributed by atoms with Crippen LogP contribution in [0.1, 0.15) is 18.2 Å². The monoisotopic (exact) mass is 465 g/mol. The molecule has 4 rings (SSSR count). The lowest BCUT2D eigenvalue weighted by molar-refractivity contribution is -0.139. The number of furan rings is 1. The van der Waals surface area contributed by atoms with Crippen molar-refractivity contribution in [1.29, 1.82) is 0 Å². The van der Waals surface area contributed by atoms with E-state index in [0.29, 0.717) is 45.3 Å². The predicted molar refractivity (Wildman–Crippen MR) is 124 cm³/mol. The third-order valence-electron chi connectivity index (χ3n) is 5.25. The zero-order valence-corrected chi connectivity index (χ0v) is 19.4. The van der Waals surface area contributed by atoms with Gasteiger partial charge in [-0.3, -0.25) is 9.36 Å². The molecule has 1 N–H and O–H groups in total. The van der Waals surface area contributed by atoms with Crippen molar-refractivity contribution < 1.29 is 23.8 Å². The molecule has 0 radical (unpaired) electrons. The van der Waals surface area contributed by atoms with Crippen LogP contribution < -0.4 is 9.47 Å². The molecule has 2 aromatic heterocycles. The molecule has 0 fully saturated rings. The van der Waals surface area contributed by atoms with Gasteiger partial charge in [-0.2, -0.15) is 0 Å². The number of carboxylic acids is 1. The van der Waals surface area contributed by atoms with E-state index in [4.69, 9.17) is 13.9 Å². The summed E-state index contributed by atoms with van der Waals surface area (Å²) >= 11 is 1.07. The number of ether oxygens (including phenoxy) is 2. The van der Waals surface area contributed by atoms with Crippen molar-refractivity contribution in [2.45, 2.75) is 23.8 Å². The van der Waals surface area contributed by atoms with Gasteiger partial charge < -0.3 is 19.0 Å². The first kappa shape index (κ1) is 22.5. The molecular formula is C24H23N3O5S. The molecule has 0 amide bonds. The van der Waals surface area contributed by atoms with Gasteiger partial charge in [-0.25, -0.2) is 0 Å². The number of methoxy groups -OCH3 is 2. The molecule has 0 spiro atoms. The minimum Gasteiger partial charge on any atom is -0.494 e. The summed E-state index contributed by atoms with van der Waals surface area (Å²) in [6, 6.07) is 18.0. The normalized spacial score (nSPS) is 12.8. The number of aryl methyl sites for hydroxylation is 1. The lowest BCUT2D eigenvalue weighted by atomic mass is 10.0. The summed E-state index contributed by atoms with van der Waals surface area (Å²) in [5, 5.41) is 19.3. The molecule has 1 atom stereocenters. The predicted octanol–water partition coefficient (Wildman–Crippen LogP) is 4.95. The van der Waals surface area contributed by atoms with Crippen molar-refractivity contribution in [1.82, 2.24) is 14.8 Å². The van der Waals surface area contributed by atoms with Crippen LogP contribution in [0.2, 0.25) is 0 Å². The second-order valence-electron chi connectivity index (χ2n) is 7.37. The SMILES string of the molecule is COc1cccc(OC)c1-n1c(SC(C)(C(=O)O)c2ccccc2)nnc1-c1ccc(C)o1. The Labute approximate surface area is 195 Å². The van der Waals surface area contributed by atoms with E-state index in [-0.39, 0.29) is 0 Å². The third kappa shape index (κ3) is 4.07. The Kier molecular flexibility index (Phi) is 6.15. The molecule has 9 heteroatoms. The number of hydrogen-bond acceptors (Lipinski definition) is 7. The molecule has 2 aromatic carbocycles. The maximum absolute atomic E-state index is 12.5. The van der Waals surface area contributed by atoms with Crippen molar-refractivity contribution in [2.75, 3.05) is 14.2 Å². The topological polar surface area (TPSA) is 99.6 Å². The Bertz CT molecular complexity index is 1260. The molecule has 0 aliphatic carbocycles. The van der Waals surface area contributed by atoms with Crippen LogP contribution in [0.25, 0.3) is 17.3 Å². The van der Waals surface area contributed by atoms with E-state index in [1.807, 2.05) is 31.2 Å². The molecule has 8 nitrogen and oxygen atoms in total. The van der Waals surface area contributed by atoms with E-state index in [9.17, 15) is 9.90 Å². The van der Waals surface area contributed by atoms with Crippen molar-refractivity contribution in [3.05, 3.63) is 72.0 Å². The van der Waals surface area contributed by atoms with Gasteiger partial charge in [0.2, 0.25) is 5.82 Å². The molecule has 1 unspecified atom stereocenters. The summed E-state index contributed by atoms with van der Waals surface area (Å²) in [7, 11) is 3.11. The lowest BCUT2D eigenvalue weighted by Gasteiger charge is -2.25. The number of carboxylic acid groups (broad SMARTS) is 1. The molecule has 2 heterocycles. The van der Waals surface area contributed by atoms with E-state index in [1.165, 1.54) is 0 Å². The number of aromatic nitrogens is 3. The number of carbonyl (C=O) groups is 1. The average molecular weight is 466 g/mol. The number of nitrogens with zero attached hydrogens (tertiary/aromatic N) is 3. The van der Waals surface area contributed by atoms with Crippen LogP contribution in [0.5, 0.6) is 11.5 Å². The molecule has 0 aliphatic heterocycles. The number of aliphatic carboxylic acids is 1. The fraction of sp³-hybridized carbons (Fsp3) is 0.208. The molecule has 0 saturated carbocycles. The van der Waals surface area contributed by atoms with Crippen molar-refractivity contribution >= 4 is 17.7 Å². The van der Waals surface area contributed by atoms with Gasteiger partial charge in [0.25, 0.3) is 0 Å². The molecule has 33 heavy (non-hydrogen) atoms. The molecule has 0 aliphatic rings. The molecule has 0 bridgehead atoms. The second kappa shape index (κ2) is 9.03. The van der Waals surface area contributed by atoms with Gasteiger partial charge in [0.15, 0.2) is 10.9 Å². The van der Waals surface area contributed by atoms with Crippen molar-refractivity contribution in [2.24, 2.45) is 0 Å². The van der Waals surface area contributed by atoms with Crippen LogP contribution in [0.15, 0.2) is 70.2 Å². The van der Waals surface area contributed by atoms with Gasteiger partial charge >= 0.3 is 5.97 Å². The van der Waals surface area contributed by atoms with Crippen LogP contribution >= 0.6 is 11.8 Å². The Hall–Kier alpha value is -3.72. The van der Waals surface area contributed by atoms with Crippen LogP contribution in [0.4, 0.5) is 0 Å². The average Bonchev–Trinajstić information content (AvgIpc) is 3.44. The summed E-state index contributed by atoms with van der Waals surface area (Å²) in [6.07, 6.45) is 0. The smallest absolute Gasteiger partial charge is 0.324 e. The van der Waals surface area contributed by atoms with E-state index in [1.54, 1.807) is 62.1 Å². The number of hydrogen-bond donors (Lipinski definition) is 1. The fourth-order valence-electron chi connectivity index (χ4n) is 3.47. The van der Waals surface area contributed by atoms with Gasteiger partial charge in [-0.1, -0.05) is 48.2 Å². The van der Waals surface area contributed by atoms with Gasteiger partial charge in [-0.05, 0) is 43.7 Å². The Morgan fingerprint density at radius 2 is 1.67 bits per heavy atom. The quantitative estimate of drug-likeness (QED) is 0.365. The first-order valence-corrected chi connectivity index (χ1v) is 10.9. The Morgan fingerprint density at radius 1 is 1.00 bits per heavy atom. The minimum atomic E-state index is -1.34. The molecule has 4 aromatic rings. The summed E-state index contributed by atoms with van der Waals surface area (Å²) < 4.78 is 17.4. The molecular weight excluding hydrogens is 442 g/mol. The van der Waals surface area contributed by atoms with Crippen LogP contribution in [-0.2, 0) is 9.54 Å². The van der Waals surface area contributed by atoms with Gasteiger partial charge in [0, 0.05) is 0 Å². The fourth-order valence-corrected chi connectivity index (χ4v) is 4.53. The number of benzene rings is 2. The summed E-state index contributed by atoms with van der Waals surface area (Å²) in [6.45, 7) is 3.48. The van der Waals surface area contributed by atoms with Crippen LogP contribution in [-0.4, -0.2) is 40.1 Å². The summed E-state index contributed by atoms with van der Waals surface area (Å²) in [5.74, 6) is 1.61. The van der Waals surface area contributed by atoms with Crippen molar-refractivity contribution in [3.63, 3.8) is 0 Å². The van der Waals surface area contributed by atoms with Gasteiger partial charge in [0.1, 0.15) is 27.7 Å². The van der Waals surface area contributed by atoms with Gasteiger partial charge in [0.05, 0.1) is 14.2 Å². The molecule has 170 valence electrons.